The molecular weight excluding hydrogens is 343 g/mol. The highest BCUT2D eigenvalue weighted by molar-refractivity contribution is 5.89. The third-order valence-corrected chi connectivity index (χ3v) is 2.48. The Morgan fingerprint density at radius 3 is 2.36 bits per heavy atom. The minimum Gasteiger partial charge on any atom is -0.478 e. The van der Waals surface area contributed by atoms with Gasteiger partial charge in [0.15, 0.2) is 0 Å². The van der Waals surface area contributed by atoms with E-state index in [1.54, 1.807) is 20.8 Å². The molecule has 25 heavy (non-hydrogen) atoms. The van der Waals surface area contributed by atoms with Crippen LogP contribution < -0.4 is 10.1 Å². The highest BCUT2D eigenvalue weighted by Crippen LogP contribution is 2.25. The predicted molar refractivity (Wildman–Crippen MR) is 83.4 cm³/mol. The molecule has 9 heteroatoms. The number of carbonyl (C=O) groups excluding carboxylic acids is 1. The van der Waals surface area contributed by atoms with Crippen LogP contribution in [0.15, 0.2) is 24.3 Å². The minimum absolute atomic E-state index is 0.0433. The molecule has 0 aliphatic heterocycles. The molecule has 0 radical (unpaired) electrons. The molecule has 0 fully saturated rings. The van der Waals surface area contributed by atoms with Crippen molar-refractivity contribution in [2.45, 2.75) is 32.7 Å². The lowest BCUT2D eigenvalue weighted by molar-refractivity contribution is -0.274. The smallest absolute Gasteiger partial charge is 0.478 e. The average Bonchev–Trinajstić information content (AvgIpc) is 2.39. The molecule has 0 bridgehead atoms. The number of aromatic carboxylic acids is 1. The molecule has 0 aliphatic rings. The summed E-state index contributed by atoms with van der Waals surface area (Å²) in [5.74, 6) is -2.04. The summed E-state index contributed by atoms with van der Waals surface area (Å²) in [6.45, 7) is 5.13. The topological polar surface area (TPSA) is 84.9 Å². The van der Waals surface area contributed by atoms with Gasteiger partial charge in [0.05, 0.1) is 5.56 Å². The maximum absolute atomic E-state index is 12.3. The van der Waals surface area contributed by atoms with E-state index >= 15 is 0 Å². The molecule has 1 aromatic rings. The minimum atomic E-state index is -4.93. The number of rotatable bonds is 5. The van der Waals surface area contributed by atoms with Crippen molar-refractivity contribution in [1.29, 1.82) is 0 Å². The predicted octanol–water partition coefficient (Wildman–Crippen LogP) is 3.82. The second-order valence-electron chi connectivity index (χ2n) is 5.93. The van der Waals surface area contributed by atoms with Crippen LogP contribution in [0.25, 0.3) is 6.08 Å². The first-order chi connectivity index (χ1) is 11.4. The van der Waals surface area contributed by atoms with Gasteiger partial charge in [-0.3, -0.25) is 0 Å². The lowest BCUT2D eigenvalue weighted by Crippen LogP contribution is -2.32. The molecule has 0 atom stereocenters. The fraction of sp³-hybridized carbons (Fsp3) is 0.375. The molecule has 1 aromatic carbocycles. The van der Waals surface area contributed by atoms with Gasteiger partial charge in [-0.2, -0.15) is 0 Å². The molecule has 1 rings (SSSR count). The summed E-state index contributed by atoms with van der Waals surface area (Å²) in [6, 6.07) is 2.98. The fourth-order valence-corrected chi connectivity index (χ4v) is 1.69. The molecular formula is C16H18F3NO5. The molecule has 0 aromatic heterocycles. The van der Waals surface area contributed by atoms with E-state index in [1.165, 1.54) is 18.2 Å². The molecule has 0 saturated heterocycles. The van der Waals surface area contributed by atoms with E-state index in [1.807, 2.05) is 0 Å². The zero-order valence-electron chi connectivity index (χ0n) is 13.8. The summed E-state index contributed by atoms with van der Waals surface area (Å²) < 4.78 is 45.6. The molecule has 2 N–H and O–H groups in total. The quantitative estimate of drug-likeness (QED) is 0.833. The number of ether oxygens (including phenoxy) is 2. The zero-order valence-corrected chi connectivity index (χ0v) is 13.8. The van der Waals surface area contributed by atoms with Crippen LogP contribution in [0.3, 0.4) is 0 Å². The lowest BCUT2D eigenvalue weighted by atomic mass is 10.1. The van der Waals surface area contributed by atoms with Gasteiger partial charge in [0.2, 0.25) is 0 Å². The number of hydrogen-bond donors (Lipinski definition) is 2. The highest BCUT2D eigenvalue weighted by atomic mass is 19.4. The Morgan fingerprint density at radius 2 is 1.84 bits per heavy atom. The van der Waals surface area contributed by atoms with Crippen molar-refractivity contribution in [3.05, 3.63) is 35.4 Å². The van der Waals surface area contributed by atoms with E-state index in [4.69, 9.17) is 9.84 Å². The number of alkyl carbamates (subject to hydrolysis) is 1. The summed E-state index contributed by atoms with van der Waals surface area (Å²) in [5, 5.41) is 11.4. The summed E-state index contributed by atoms with van der Waals surface area (Å²) in [7, 11) is 0. The molecule has 1 amide bonds. The largest absolute Gasteiger partial charge is 0.573 e. The maximum Gasteiger partial charge on any atom is 0.573 e. The number of benzene rings is 1. The van der Waals surface area contributed by atoms with E-state index in [2.05, 4.69) is 10.1 Å². The lowest BCUT2D eigenvalue weighted by Gasteiger charge is -2.19. The summed E-state index contributed by atoms with van der Waals surface area (Å²) in [6.07, 6.45) is -2.80. The number of nitrogens with one attached hydrogen (secondary N) is 1. The number of hydrogen-bond acceptors (Lipinski definition) is 4. The van der Waals surface area contributed by atoms with Crippen LogP contribution in [0.5, 0.6) is 5.75 Å². The van der Waals surface area contributed by atoms with E-state index in [0.717, 1.165) is 12.1 Å². The van der Waals surface area contributed by atoms with Crippen molar-refractivity contribution in [1.82, 2.24) is 5.32 Å². The number of carboxylic acid groups (broad SMARTS) is 1. The summed E-state index contributed by atoms with van der Waals surface area (Å²) in [4.78, 5) is 22.4. The van der Waals surface area contributed by atoms with E-state index in [9.17, 15) is 22.8 Å². The Bertz CT molecular complexity index is 663. The monoisotopic (exact) mass is 361 g/mol. The van der Waals surface area contributed by atoms with Gasteiger partial charge in [-0.25, -0.2) is 9.59 Å². The normalized spacial score (nSPS) is 12.1. The Balaban J connectivity index is 2.79. The molecule has 0 heterocycles. The Morgan fingerprint density at radius 1 is 1.20 bits per heavy atom. The van der Waals surface area contributed by atoms with Crippen LogP contribution in [0.4, 0.5) is 18.0 Å². The summed E-state index contributed by atoms with van der Waals surface area (Å²) >= 11 is 0. The average molecular weight is 361 g/mol. The van der Waals surface area contributed by atoms with Crippen molar-refractivity contribution in [2.24, 2.45) is 0 Å². The molecule has 138 valence electrons. The fourth-order valence-electron chi connectivity index (χ4n) is 1.69. The van der Waals surface area contributed by atoms with E-state index in [0.29, 0.717) is 0 Å². The van der Waals surface area contributed by atoms with Crippen molar-refractivity contribution in [2.75, 3.05) is 6.54 Å². The highest BCUT2D eigenvalue weighted by Gasteiger charge is 2.31. The van der Waals surface area contributed by atoms with Crippen molar-refractivity contribution >= 4 is 18.1 Å². The van der Waals surface area contributed by atoms with E-state index < -0.39 is 29.8 Å². The summed E-state index contributed by atoms with van der Waals surface area (Å²) in [5.41, 5.74) is -0.848. The molecule has 0 aliphatic carbocycles. The van der Waals surface area contributed by atoms with Crippen LogP contribution in [-0.4, -0.2) is 35.7 Å². The van der Waals surface area contributed by atoms with Crippen LogP contribution in [0, 0.1) is 0 Å². The van der Waals surface area contributed by atoms with Crippen LogP contribution in [-0.2, 0) is 4.74 Å². The maximum atomic E-state index is 12.3. The number of amides is 1. The second kappa shape index (κ2) is 7.91. The SMILES string of the molecule is CC(C)(C)OC(=O)NCC=Cc1cc(OC(F)(F)F)cc(C(=O)O)c1. The molecule has 6 nitrogen and oxygen atoms in total. The van der Waals surface area contributed by atoms with Crippen molar-refractivity contribution in [3.8, 4) is 5.75 Å². The van der Waals surface area contributed by atoms with Crippen LogP contribution in [0.2, 0.25) is 0 Å². The Labute approximate surface area is 142 Å². The standard InChI is InChI=1S/C16H18F3NO5/c1-15(2,3)25-14(23)20-6-4-5-10-7-11(13(21)22)9-12(8-10)24-16(17,18)19/h4-5,7-9H,6H2,1-3H3,(H,20,23)(H,21,22). The van der Waals surface area contributed by atoms with Gasteiger partial charge < -0.3 is 19.9 Å². The first-order valence-electron chi connectivity index (χ1n) is 7.13. The van der Waals surface area contributed by atoms with E-state index in [-0.39, 0.29) is 17.7 Å². The molecule has 0 unspecified atom stereocenters. The molecule has 0 saturated carbocycles. The van der Waals surface area contributed by atoms with Crippen molar-refractivity contribution < 1.29 is 37.3 Å². The first-order valence-corrected chi connectivity index (χ1v) is 7.13. The van der Waals surface area contributed by atoms with Crippen LogP contribution >= 0.6 is 0 Å². The number of alkyl halides is 3. The van der Waals surface area contributed by atoms with Gasteiger partial charge in [-0.05, 0) is 44.5 Å². The van der Waals surface area contributed by atoms with Gasteiger partial charge in [0.25, 0.3) is 0 Å². The third kappa shape index (κ3) is 8.63. The first kappa shape index (κ1) is 20.3. The number of carboxylic acids is 1. The van der Waals surface area contributed by atoms with Gasteiger partial charge >= 0.3 is 18.4 Å². The Hall–Kier alpha value is -2.71. The number of carbonyl (C=O) groups is 2. The number of halogens is 3. The van der Waals surface area contributed by atoms with Crippen molar-refractivity contribution in [3.63, 3.8) is 0 Å². The second-order valence-corrected chi connectivity index (χ2v) is 5.93. The van der Waals surface area contributed by atoms with Gasteiger partial charge in [0.1, 0.15) is 11.4 Å². The zero-order chi connectivity index (χ0) is 19.3. The van der Waals surface area contributed by atoms with Gasteiger partial charge in [0, 0.05) is 6.54 Å². The van der Waals surface area contributed by atoms with Crippen LogP contribution in [0.1, 0.15) is 36.7 Å². The van der Waals surface area contributed by atoms with Gasteiger partial charge in [-0.1, -0.05) is 12.2 Å². The van der Waals surface area contributed by atoms with Gasteiger partial charge in [-0.15, -0.1) is 13.2 Å². The Kier molecular flexibility index (Phi) is 6.43. The molecule has 0 spiro atoms. The third-order valence-electron chi connectivity index (χ3n) is 2.48.